The predicted molar refractivity (Wildman–Crippen MR) is 89.2 cm³/mol. The SMILES string of the molecule is COc1ccccc1CC(C)N[C@H](C)c1ccc(Cl)cc1. The van der Waals surface area contributed by atoms with Crippen molar-refractivity contribution in [3.05, 3.63) is 64.7 Å². The van der Waals surface area contributed by atoms with Crippen LogP contribution in [0.4, 0.5) is 0 Å². The maximum absolute atomic E-state index is 5.93. The van der Waals surface area contributed by atoms with E-state index in [1.807, 2.05) is 30.3 Å². The zero-order chi connectivity index (χ0) is 15.2. The number of benzene rings is 2. The van der Waals surface area contributed by atoms with Gasteiger partial charge in [0.2, 0.25) is 0 Å². The van der Waals surface area contributed by atoms with Crippen molar-refractivity contribution >= 4 is 11.6 Å². The molecule has 0 heterocycles. The molecule has 0 radical (unpaired) electrons. The standard InChI is InChI=1S/C18H22ClNO/c1-13(12-16-6-4-5-7-18(16)21-3)20-14(2)15-8-10-17(19)11-9-15/h4-11,13-14,20H,12H2,1-3H3/t13?,14-/m1/s1. The number of nitrogens with one attached hydrogen (secondary N) is 1. The highest BCUT2D eigenvalue weighted by atomic mass is 35.5. The van der Waals surface area contributed by atoms with Crippen molar-refractivity contribution in [3.8, 4) is 5.75 Å². The molecule has 112 valence electrons. The van der Waals surface area contributed by atoms with Crippen molar-refractivity contribution in [2.45, 2.75) is 32.4 Å². The quantitative estimate of drug-likeness (QED) is 0.840. The molecule has 1 N–H and O–H groups in total. The zero-order valence-electron chi connectivity index (χ0n) is 12.8. The van der Waals surface area contributed by atoms with Gasteiger partial charge in [-0.1, -0.05) is 41.9 Å². The van der Waals surface area contributed by atoms with Gasteiger partial charge in [-0.2, -0.15) is 0 Å². The molecule has 0 spiro atoms. The lowest BCUT2D eigenvalue weighted by Gasteiger charge is -2.21. The molecule has 0 aromatic heterocycles. The van der Waals surface area contributed by atoms with Crippen LogP contribution in [-0.2, 0) is 6.42 Å². The van der Waals surface area contributed by atoms with Gasteiger partial charge in [-0.15, -0.1) is 0 Å². The van der Waals surface area contributed by atoms with Crippen molar-refractivity contribution in [1.29, 1.82) is 0 Å². The number of para-hydroxylation sites is 1. The fourth-order valence-corrected chi connectivity index (χ4v) is 2.66. The van der Waals surface area contributed by atoms with Gasteiger partial charge in [0.1, 0.15) is 5.75 Å². The first kappa shape index (κ1) is 15.9. The molecule has 0 bridgehead atoms. The lowest BCUT2D eigenvalue weighted by molar-refractivity contribution is 0.403. The number of ether oxygens (including phenoxy) is 1. The molecule has 2 aromatic rings. The normalized spacial score (nSPS) is 13.7. The molecule has 0 saturated carbocycles. The van der Waals surface area contributed by atoms with Crippen LogP contribution < -0.4 is 10.1 Å². The number of methoxy groups -OCH3 is 1. The first-order valence-electron chi connectivity index (χ1n) is 7.23. The van der Waals surface area contributed by atoms with E-state index in [1.54, 1.807) is 7.11 Å². The van der Waals surface area contributed by atoms with Crippen molar-refractivity contribution in [3.63, 3.8) is 0 Å². The second-order valence-corrected chi connectivity index (χ2v) is 5.79. The number of rotatable bonds is 6. The Morgan fingerprint density at radius 1 is 1.05 bits per heavy atom. The molecule has 2 rings (SSSR count). The van der Waals surface area contributed by atoms with Gasteiger partial charge in [0, 0.05) is 17.1 Å². The lowest BCUT2D eigenvalue weighted by Crippen LogP contribution is -2.30. The summed E-state index contributed by atoms with van der Waals surface area (Å²) in [5, 5.41) is 4.39. The predicted octanol–water partition coefficient (Wildman–Crippen LogP) is 4.63. The first-order valence-corrected chi connectivity index (χ1v) is 7.61. The molecule has 0 aliphatic rings. The summed E-state index contributed by atoms with van der Waals surface area (Å²) in [5.41, 5.74) is 2.47. The molecular formula is C18H22ClNO. The number of hydrogen-bond acceptors (Lipinski definition) is 2. The van der Waals surface area contributed by atoms with Crippen LogP contribution in [0.3, 0.4) is 0 Å². The summed E-state index contributed by atoms with van der Waals surface area (Å²) < 4.78 is 5.41. The third kappa shape index (κ3) is 4.48. The molecule has 2 nitrogen and oxygen atoms in total. The summed E-state index contributed by atoms with van der Waals surface area (Å²) in [6.45, 7) is 4.36. The molecule has 3 heteroatoms. The fourth-order valence-electron chi connectivity index (χ4n) is 2.53. The van der Waals surface area contributed by atoms with Crippen molar-refractivity contribution in [2.75, 3.05) is 7.11 Å². The van der Waals surface area contributed by atoms with Crippen LogP contribution in [-0.4, -0.2) is 13.2 Å². The molecule has 0 aliphatic heterocycles. The smallest absolute Gasteiger partial charge is 0.122 e. The number of hydrogen-bond donors (Lipinski definition) is 1. The molecule has 1 unspecified atom stereocenters. The minimum absolute atomic E-state index is 0.284. The molecule has 0 saturated heterocycles. The third-order valence-electron chi connectivity index (χ3n) is 3.62. The summed E-state index contributed by atoms with van der Waals surface area (Å²) in [6.07, 6.45) is 0.932. The van der Waals surface area contributed by atoms with Crippen LogP contribution >= 0.6 is 11.6 Å². The van der Waals surface area contributed by atoms with Gasteiger partial charge in [0.05, 0.1) is 7.11 Å². The molecule has 0 aliphatic carbocycles. The largest absolute Gasteiger partial charge is 0.496 e. The molecule has 0 fully saturated rings. The molecular weight excluding hydrogens is 282 g/mol. The average molecular weight is 304 g/mol. The average Bonchev–Trinajstić information content (AvgIpc) is 2.48. The minimum Gasteiger partial charge on any atom is -0.496 e. The van der Waals surface area contributed by atoms with Crippen LogP contribution in [0.2, 0.25) is 5.02 Å². The van der Waals surface area contributed by atoms with Gasteiger partial charge in [0.15, 0.2) is 0 Å². The minimum atomic E-state index is 0.284. The maximum Gasteiger partial charge on any atom is 0.122 e. The van der Waals surface area contributed by atoms with Gasteiger partial charge in [-0.05, 0) is 49.6 Å². The summed E-state index contributed by atoms with van der Waals surface area (Å²) in [5.74, 6) is 0.949. The van der Waals surface area contributed by atoms with Crippen LogP contribution in [0.15, 0.2) is 48.5 Å². The second kappa shape index (κ2) is 7.48. The number of halogens is 1. The Labute approximate surface area is 132 Å². The van der Waals surface area contributed by atoms with E-state index < -0.39 is 0 Å². The van der Waals surface area contributed by atoms with Crippen LogP contribution in [0, 0.1) is 0 Å². The van der Waals surface area contributed by atoms with Gasteiger partial charge < -0.3 is 10.1 Å². The Kier molecular flexibility index (Phi) is 5.66. The van der Waals surface area contributed by atoms with Gasteiger partial charge in [-0.25, -0.2) is 0 Å². The van der Waals surface area contributed by atoms with E-state index in [0.29, 0.717) is 6.04 Å². The Morgan fingerprint density at radius 3 is 2.38 bits per heavy atom. The van der Waals surface area contributed by atoms with Gasteiger partial charge in [0.25, 0.3) is 0 Å². The molecule has 2 aromatic carbocycles. The zero-order valence-corrected chi connectivity index (χ0v) is 13.5. The van der Waals surface area contributed by atoms with E-state index in [4.69, 9.17) is 16.3 Å². The summed E-state index contributed by atoms with van der Waals surface area (Å²) in [4.78, 5) is 0. The molecule has 2 atom stereocenters. The van der Waals surface area contributed by atoms with Gasteiger partial charge in [-0.3, -0.25) is 0 Å². The van der Waals surface area contributed by atoms with Gasteiger partial charge >= 0.3 is 0 Å². The van der Waals surface area contributed by atoms with Crippen LogP contribution in [0.25, 0.3) is 0 Å². The Balaban J connectivity index is 1.97. The topological polar surface area (TPSA) is 21.3 Å². The Morgan fingerprint density at radius 2 is 1.71 bits per heavy atom. The third-order valence-corrected chi connectivity index (χ3v) is 3.88. The van der Waals surface area contributed by atoms with Crippen molar-refractivity contribution in [2.24, 2.45) is 0 Å². The van der Waals surface area contributed by atoms with E-state index in [0.717, 1.165) is 17.2 Å². The highest BCUT2D eigenvalue weighted by Crippen LogP contribution is 2.21. The first-order chi connectivity index (χ1) is 10.1. The van der Waals surface area contributed by atoms with E-state index in [1.165, 1.54) is 11.1 Å². The second-order valence-electron chi connectivity index (χ2n) is 5.36. The highest BCUT2D eigenvalue weighted by molar-refractivity contribution is 6.30. The van der Waals surface area contributed by atoms with E-state index in [9.17, 15) is 0 Å². The summed E-state index contributed by atoms with van der Waals surface area (Å²) in [7, 11) is 1.72. The summed E-state index contributed by atoms with van der Waals surface area (Å²) >= 11 is 5.93. The lowest BCUT2D eigenvalue weighted by atomic mass is 10.0. The summed E-state index contributed by atoms with van der Waals surface area (Å²) in [6, 6.07) is 16.8. The van der Waals surface area contributed by atoms with Crippen molar-refractivity contribution in [1.82, 2.24) is 5.32 Å². The van der Waals surface area contributed by atoms with E-state index >= 15 is 0 Å². The van der Waals surface area contributed by atoms with E-state index in [2.05, 4.69) is 37.4 Å². The molecule has 21 heavy (non-hydrogen) atoms. The van der Waals surface area contributed by atoms with E-state index in [-0.39, 0.29) is 6.04 Å². The monoisotopic (exact) mass is 303 g/mol. The Bertz CT molecular complexity index is 568. The van der Waals surface area contributed by atoms with Crippen LogP contribution in [0.5, 0.6) is 5.75 Å². The van der Waals surface area contributed by atoms with Crippen molar-refractivity contribution < 1.29 is 4.74 Å². The maximum atomic E-state index is 5.93. The Hall–Kier alpha value is -1.51. The highest BCUT2D eigenvalue weighted by Gasteiger charge is 2.12. The molecule has 0 amide bonds. The fraction of sp³-hybridized carbons (Fsp3) is 0.333. The van der Waals surface area contributed by atoms with Crippen LogP contribution in [0.1, 0.15) is 31.0 Å².